The topological polar surface area (TPSA) is 124 Å². The van der Waals surface area contributed by atoms with Crippen molar-refractivity contribution >= 4 is 34.3 Å². The van der Waals surface area contributed by atoms with Crippen molar-refractivity contribution in [3.63, 3.8) is 0 Å². The van der Waals surface area contributed by atoms with Gasteiger partial charge in [-0.3, -0.25) is 9.59 Å². The number of anilines is 2. The Balaban J connectivity index is 1.69. The standard InChI is InChI=1S/C18H17N5O4/c19-16-15-17(21-10-20-16)27-8-7-23(18(15)26)12-1-2-13-11(9-12)3-5-22(13)6-4-14(24)25/h1-3,5,9-10H,4,6-8H2,(H,24,25)(H2,19,20,21). The summed E-state index contributed by atoms with van der Waals surface area (Å²) < 4.78 is 7.42. The lowest BCUT2D eigenvalue weighted by Crippen LogP contribution is -2.32. The first-order chi connectivity index (χ1) is 13.0. The maximum Gasteiger partial charge on any atom is 0.305 e. The molecule has 138 valence electrons. The first-order valence-electron chi connectivity index (χ1n) is 8.40. The highest BCUT2D eigenvalue weighted by Crippen LogP contribution is 2.29. The van der Waals surface area contributed by atoms with Gasteiger partial charge in [0.2, 0.25) is 5.88 Å². The quantitative estimate of drug-likeness (QED) is 0.716. The van der Waals surface area contributed by atoms with E-state index in [0.29, 0.717) is 18.8 Å². The van der Waals surface area contributed by atoms with Crippen molar-refractivity contribution < 1.29 is 19.4 Å². The summed E-state index contributed by atoms with van der Waals surface area (Å²) in [5, 5.41) is 9.78. The normalized spacial score (nSPS) is 13.9. The molecule has 1 aliphatic rings. The van der Waals surface area contributed by atoms with E-state index in [1.165, 1.54) is 6.33 Å². The Morgan fingerprint density at radius 3 is 2.96 bits per heavy atom. The smallest absolute Gasteiger partial charge is 0.305 e. The van der Waals surface area contributed by atoms with E-state index in [-0.39, 0.29) is 36.2 Å². The second kappa shape index (κ2) is 6.60. The van der Waals surface area contributed by atoms with Crippen LogP contribution in [-0.4, -0.2) is 44.7 Å². The predicted octanol–water partition coefficient (Wildman–Crippen LogP) is 1.53. The summed E-state index contributed by atoms with van der Waals surface area (Å²) in [6, 6.07) is 7.47. The van der Waals surface area contributed by atoms with Crippen LogP contribution in [0.15, 0.2) is 36.8 Å². The second-order valence-corrected chi connectivity index (χ2v) is 6.14. The van der Waals surface area contributed by atoms with E-state index in [4.69, 9.17) is 15.6 Å². The predicted molar refractivity (Wildman–Crippen MR) is 97.8 cm³/mol. The number of fused-ring (bicyclic) bond motifs is 2. The third-order valence-corrected chi connectivity index (χ3v) is 4.49. The number of ether oxygens (including phenoxy) is 1. The van der Waals surface area contributed by atoms with Crippen molar-refractivity contribution in [1.29, 1.82) is 0 Å². The summed E-state index contributed by atoms with van der Waals surface area (Å²) in [6.45, 7) is 1.02. The highest BCUT2D eigenvalue weighted by atomic mass is 16.5. The zero-order valence-electron chi connectivity index (χ0n) is 14.3. The Labute approximate surface area is 154 Å². The van der Waals surface area contributed by atoms with Crippen LogP contribution in [0.4, 0.5) is 11.5 Å². The van der Waals surface area contributed by atoms with Crippen molar-refractivity contribution in [3.8, 4) is 5.88 Å². The van der Waals surface area contributed by atoms with Gasteiger partial charge in [0, 0.05) is 29.3 Å². The van der Waals surface area contributed by atoms with Gasteiger partial charge in [-0.15, -0.1) is 0 Å². The Morgan fingerprint density at radius 2 is 2.15 bits per heavy atom. The minimum Gasteiger partial charge on any atom is -0.481 e. The lowest BCUT2D eigenvalue weighted by molar-refractivity contribution is -0.137. The first kappa shape index (κ1) is 16.8. The summed E-state index contributed by atoms with van der Waals surface area (Å²) in [4.78, 5) is 33.3. The van der Waals surface area contributed by atoms with Crippen LogP contribution in [0.5, 0.6) is 5.88 Å². The van der Waals surface area contributed by atoms with Crippen LogP contribution in [0.1, 0.15) is 16.8 Å². The lowest BCUT2D eigenvalue weighted by Gasteiger charge is -2.20. The summed E-state index contributed by atoms with van der Waals surface area (Å²) in [7, 11) is 0. The number of nitrogens with two attached hydrogens (primary N) is 1. The number of carboxylic acids is 1. The number of benzene rings is 1. The second-order valence-electron chi connectivity index (χ2n) is 6.14. The number of aliphatic carboxylic acids is 1. The lowest BCUT2D eigenvalue weighted by atomic mass is 10.2. The number of carbonyl (C=O) groups is 2. The van der Waals surface area contributed by atoms with Gasteiger partial charge in [0.05, 0.1) is 13.0 Å². The van der Waals surface area contributed by atoms with Gasteiger partial charge >= 0.3 is 5.97 Å². The van der Waals surface area contributed by atoms with Crippen LogP contribution >= 0.6 is 0 Å². The van der Waals surface area contributed by atoms with E-state index in [2.05, 4.69) is 9.97 Å². The number of aryl methyl sites for hydroxylation is 1. The molecule has 0 fully saturated rings. The van der Waals surface area contributed by atoms with Gasteiger partial charge in [0.1, 0.15) is 24.3 Å². The fraction of sp³-hybridized carbons (Fsp3) is 0.222. The fourth-order valence-corrected chi connectivity index (χ4v) is 3.18. The molecule has 4 rings (SSSR count). The van der Waals surface area contributed by atoms with Gasteiger partial charge in [-0.1, -0.05) is 0 Å². The number of nitrogen functional groups attached to an aromatic ring is 1. The third kappa shape index (κ3) is 3.03. The number of rotatable bonds is 4. The minimum atomic E-state index is -0.845. The van der Waals surface area contributed by atoms with E-state index in [9.17, 15) is 9.59 Å². The van der Waals surface area contributed by atoms with Crippen molar-refractivity contribution in [2.75, 3.05) is 23.8 Å². The van der Waals surface area contributed by atoms with Crippen molar-refractivity contribution in [2.24, 2.45) is 0 Å². The SMILES string of the molecule is Nc1ncnc2c1C(=O)N(c1ccc3c(ccn3CCC(=O)O)c1)CCO2. The highest BCUT2D eigenvalue weighted by molar-refractivity contribution is 6.11. The number of hydrogen-bond acceptors (Lipinski definition) is 6. The molecule has 0 atom stereocenters. The molecule has 0 unspecified atom stereocenters. The molecule has 0 spiro atoms. The molecule has 27 heavy (non-hydrogen) atoms. The van der Waals surface area contributed by atoms with Crippen LogP contribution in [0.25, 0.3) is 10.9 Å². The summed E-state index contributed by atoms with van der Waals surface area (Å²) >= 11 is 0. The molecule has 2 aromatic heterocycles. The van der Waals surface area contributed by atoms with Crippen LogP contribution in [-0.2, 0) is 11.3 Å². The van der Waals surface area contributed by atoms with E-state index < -0.39 is 5.97 Å². The van der Waals surface area contributed by atoms with Crippen LogP contribution in [0, 0.1) is 0 Å². The average Bonchev–Trinajstić information content (AvgIpc) is 2.96. The van der Waals surface area contributed by atoms with Crippen LogP contribution in [0.3, 0.4) is 0 Å². The van der Waals surface area contributed by atoms with Crippen molar-refractivity contribution in [3.05, 3.63) is 42.4 Å². The largest absolute Gasteiger partial charge is 0.481 e. The molecule has 0 bridgehead atoms. The molecule has 0 aliphatic carbocycles. The highest BCUT2D eigenvalue weighted by Gasteiger charge is 2.28. The maximum atomic E-state index is 13.0. The van der Waals surface area contributed by atoms with Gasteiger partial charge in [-0.25, -0.2) is 9.97 Å². The summed E-state index contributed by atoms with van der Waals surface area (Å²) in [5.41, 5.74) is 7.63. The van der Waals surface area contributed by atoms with Crippen molar-refractivity contribution in [2.45, 2.75) is 13.0 Å². The molecule has 1 aromatic carbocycles. The molecule has 1 amide bonds. The minimum absolute atomic E-state index is 0.0452. The summed E-state index contributed by atoms with van der Waals surface area (Å²) in [5.74, 6) is -0.888. The van der Waals surface area contributed by atoms with Crippen LogP contribution in [0.2, 0.25) is 0 Å². The number of amides is 1. The van der Waals surface area contributed by atoms with E-state index in [1.54, 1.807) is 4.90 Å². The van der Waals surface area contributed by atoms with Crippen molar-refractivity contribution in [1.82, 2.24) is 14.5 Å². The van der Waals surface area contributed by atoms with E-state index >= 15 is 0 Å². The number of hydrogen-bond donors (Lipinski definition) is 2. The van der Waals surface area contributed by atoms with Gasteiger partial charge < -0.3 is 25.0 Å². The van der Waals surface area contributed by atoms with Gasteiger partial charge in [0.25, 0.3) is 5.91 Å². The van der Waals surface area contributed by atoms with E-state index in [1.807, 2.05) is 35.0 Å². The number of aromatic nitrogens is 3. The molecule has 0 saturated carbocycles. The van der Waals surface area contributed by atoms with Crippen LogP contribution < -0.4 is 15.4 Å². The molecule has 0 radical (unpaired) electrons. The molecule has 3 N–H and O–H groups in total. The molecule has 1 aliphatic heterocycles. The van der Waals surface area contributed by atoms with Gasteiger partial charge in [0.15, 0.2) is 0 Å². The maximum absolute atomic E-state index is 13.0. The van der Waals surface area contributed by atoms with E-state index in [0.717, 1.165) is 10.9 Å². The average molecular weight is 367 g/mol. The molecular formula is C18H17N5O4. The monoisotopic (exact) mass is 367 g/mol. The Morgan fingerprint density at radius 1 is 1.30 bits per heavy atom. The molecule has 0 saturated heterocycles. The Bertz CT molecular complexity index is 1050. The number of carbonyl (C=O) groups excluding carboxylic acids is 1. The van der Waals surface area contributed by atoms with Gasteiger partial charge in [-0.2, -0.15) is 0 Å². The Hall–Kier alpha value is -3.62. The fourth-order valence-electron chi connectivity index (χ4n) is 3.18. The Kier molecular flexibility index (Phi) is 4.11. The van der Waals surface area contributed by atoms with Gasteiger partial charge in [-0.05, 0) is 24.3 Å². The molecule has 9 nitrogen and oxygen atoms in total. The molecular weight excluding hydrogens is 350 g/mol. The number of carboxylic acid groups (broad SMARTS) is 1. The first-order valence-corrected chi connectivity index (χ1v) is 8.40. The molecule has 3 heterocycles. The number of nitrogens with zero attached hydrogens (tertiary/aromatic N) is 4. The zero-order chi connectivity index (χ0) is 19.0. The molecule has 9 heteroatoms. The zero-order valence-corrected chi connectivity index (χ0v) is 14.3. The summed E-state index contributed by atoms with van der Waals surface area (Å²) in [6.07, 6.45) is 3.15. The third-order valence-electron chi connectivity index (χ3n) is 4.49. The molecule has 3 aromatic rings.